The normalized spacial score (nSPS) is 11.5. The molecule has 9 heteroatoms. The third-order valence-corrected chi connectivity index (χ3v) is 5.85. The number of nitrogens with zero attached hydrogens (tertiary/aromatic N) is 2. The van der Waals surface area contributed by atoms with E-state index in [2.05, 4.69) is 25.5 Å². The molecule has 2 heterocycles. The summed E-state index contributed by atoms with van der Waals surface area (Å²) in [6.07, 6.45) is -1.08. The maximum Gasteiger partial charge on any atom is 0.416 e. The van der Waals surface area contributed by atoms with E-state index in [4.69, 9.17) is 0 Å². The summed E-state index contributed by atoms with van der Waals surface area (Å²) in [6.45, 7) is 7.34. The highest BCUT2D eigenvalue weighted by atomic mass is 19.4. The molecule has 0 aliphatic heterocycles. The summed E-state index contributed by atoms with van der Waals surface area (Å²) in [5.41, 5.74) is 3.41. The Labute approximate surface area is 201 Å². The molecule has 2 aromatic heterocycles. The summed E-state index contributed by atoms with van der Waals surface area (Å²) in [7, 11) is 0. The largest absolute Gasteiger partial charge is 0.416 e. The third-order valence-electron chi connectivity index (χ3n) is 5.85. The highest BCUT2D eigenvalue weighted by molar-refractivity contribution is 6.12. The zero-order valence-electron chi connectivity index (χ0n) is 19.6. The minimum absolute atomic E-state index is 0.298. The first-order chi connectivity index (χ1) is 16.7. The number of aromatic nitrogens is 2. The Hall–Kier alpha value is -4.01. The van der Waals surface area contributed by atoms with Crippen molar-refractivity contribution >= 4 is 39.7 Å². The summed E-state index contributed by atoms with van der Waals surface area (Å²) >= 11 is 0. The molecule has 0 aliphatic carbocycles. The summed E-state index contributed by atoms with van der Waals surface area (Å²) < 4.78 is 39.2. The van der Waals surface area contributed by atoms with Gasteiger partial charge in [-0.15, -0.1) is 0 Å². The van der Waals surface area contributed by atoms with Gasteiger partial charge < -0.3 is 20.5 Å². The Bertz CT molecular complexity index is 1360. The van der Waals surface area contributed by atoms with Crippen LogP contribution in [0.3, 0.4) is 0 Å². The highest BCUT2D eigenvalue weighted by Crippen LogP contribution is 2.33. The number of fused-ring (bicyclic) bond motifs is 1. The number of pyridine rings is 1. The van der Waals surface area contributed by atoms with Gasteiger partial charge in [-0.3, -0.25) is 4.79 Å². The second-order valence-electron chi connectivity index (χ2n) is 8.12. The highest BCUT2D eigenvalue weighted by Gasteiger charge is 2.30. The lowest BCUT2D eigenvalue weighted by molar-refractivity contribution is -0.137. The van der Waals surface area contributed by atoms with Gasteiger partial charge in [0.05, 0.1) is 16.8 Å². The molecule has 0 bridgehead atoms. The van der Waals surface area contributed by atoms with E-state index in [1.807, 2.05) is 26.8 Å². The lowest BCUT2D eigenvalue weighted by Gasteiger charge is -2.24. The maximum atomic E-state index is 13.4. The first-order valence-corrected chi connectivity index (χ1v) is 11.3. The summed E-state index contributed by atoms with van der Waals surface area (Å²) in [5.74, 6) is -0.318. The molecule has 6 nitrogen and oxygen atoms in total. The predicted octanol–water partition coefficient (Wildman–Crippen LogP) is 6.73. The number of carbonyl (C=O) groups is 1. The number of halogens is 3. The van der Waals surface area contributed by atoms with Gasteiger partial charge in [0.2, 0.25) is 0 Å². The second-order valence-corrected chi connectivity index (χ2v) is 8.12. The number of hydrogen-bond acceptors (Lipinski definition) is 4. The molecular formula is C26H26F3N5O. The average molecular weight is 482 g/mol. The van der Waals surface area contributed by atoms with Crippen LogP contribution >= 0.6 is 0 Å². The molecule has 0 spiro atoms. The number of rotatable bonds is 7. The number of alkyl halides is 3. The first kappa shape index (κ1) is 24.1. The smallest absolute Gasteiger partial charge is 0.371 e. The van der Waals surface area contributed by atoms with E-state index in [0.717, 1.165) is 41.9 Å². The monoisotopic (exact) mass is 481 g/mol. The molecule has 3 N–H and O–H groups in total. The lowest BCUT2D eigenvalue weighted by atomic mass is 10.1. The van der Waals surface area contributed by atoms with Gasteiger partial charge in [0.15, 0.2) is 0 Å². The van der Waals surface area contributed by atoms with Crippen LogP contribution in [0.4, 0.5) is 35.9 Å². The molecule has 0 saturated carbocycles. The van der Waals surface area contributed by atoms with Crippen LogP contribution in [0.5, 0.6) is 0 Å². The van der Waals surface area contributed by atoms with E-state index in [-0.39, 0.29) is 5.91 Å². The molecule has 4 rings (SSSR count). The SMILES string of the molecule is CCN(CC)c1c(C(=O)Nc2cc(Nc3cccc(C(F)(F)F)c3)ccc2C)cnc2[nH]ccc12. The lowest BCUT2D eigenvalue weighted by Crippen LogP contribution is -2.26. The second kappa shape index (κ2) is 9.69. The topological polar surface area (TPSA) is 73.1 Å². The van der Waals surface area contributed by atoms with Crippen molar-refractivity contribution in [1.82, 2.24) is 9.97 Å². The molecule has 2 aromatic carbocycles. The van der Waals surface area contributed by atoms with Gasteiger partial charge in [-0.05, 0) is 62.7 Å². The number of benzene rings is 2. The van der Waals surface area contributed by atoms with E-state index in [1.165, 1.54) is 6.07 Å². The van der Waals surface area contributed by atoms with Gasteiger partial charge in [-0.2, -0.15) is 13.2 Å². The summed E-state index contributed by atoms with van der Waals surface area (Å²) in [4.78, 5) is 23.0. The van der Waals surface area contributed by atoms with E-state index >= 15 is 0 Å². The van der Waals surface area contributed by atoms with Crippen LogP contribution in [0.25, 0.3) is 11.0 Å². The van der Waals surface area contributed by atoms with Crippen molar-refractivity contribution < 1.29 is 18.0 Å². The maximum absolute atomic E-state index is 13.4. The quantitative estimate of drug-likeness (QED) is 0.274. The van der Waals surface area contributed by atoms with Gasteiger partial charge in [0.1, 0.15) is 5.65 Å². The third kappa shape index (κ3) is 5.08. The molecule has 35 heavy (non-hydrogen) atoms. The number of aryl methyl sites for hydroxylation is 1. The van der Waals surface area contributed by atoms with Crippen molar-refractivity contribution in [2.45, 2.75) is 26.9 Å². The van der Waals surface area contributed by atoms with Crippen molar-refractivity contribution in [3.63, 3.8) is 0 Å². The fourth-order valence-electron chi connectivity index (χ4n) is 4.00. The van der Waals surface area contributed by atoms with Gasteiger partial charge in [-0.25, -0.2) is 4.98 Å². The molecule has 0 unspecified atom stereocenters. The fraction of sp³-hybridized carbons (Fsp3) is 0.231. The van der Waals surface area contributed by atoms with Gasteiger partial charge in [-0.1, -0.05) is 12.1 Å². The molecule has 0 fully saturated rings. The molecule has 182 valence electrons. The predicted molar refractivity (Wildman–Crippen MR) is 134 cm³/mol. The van der Waals surface area contributed by atoms with Crippen LogP contribution in [0.1, 0.15) is 35.3 Å². The number of amides is 1. The molecule has 0 radical (unpaired) electrons. The van der Waals surface area contributed by atoms with Gasteiger partial charge >= 0.3 is 6.18 Å². The van der Waals surface area contributed by atoms with Crippen molar-refractivity contribution in [3.05, 3.63) is 77.6 Å². The zero-order chi connectivity index (χ0) is 25.2. The average Bonchev–Trinajstić information content (AvgIpc) is 3.31. The molecule has 0 saturated heterocycles. The van der Waals surface area contributed by atoms with Crippen molar-refractivity contribution in [2.24, 2.45) is 0 Å². The Morgan fingerprint density at radius 1 is 1.06 bits per heavy atom. The molecular weight excluding hydrogens is 455 g/mol. The number of nitrogens with one attached hydrogen (secondary N) is 3. The van der Waals surface area contributed by atoms with E-state index < -0.39 is 11.7 Å². The van der Waals surface area contributed by atoms with E-state index in [9.17, 15) is 18.0 Å². The minimum Gasteiger partial charge on any atom is -0.371 e. The fourth-order valence-corrected chi connectivity index (χ4v) is 4.00. The van der Waals surface area contributed by atoms with Crippen molar-refractivity contribution in [3.8, 4) is 0 Å². The molecule has 0 atom stereocenters. The summed E-state index contributed by atoms with van der Waals surface area (Å²) in [6, 6.07) is 12.1. The van der Waals surface area contributed by atoms with Gasteiger partial charge in [0.25, 0.3) is 5.91 Å². The van der Waals surface area contributed by atoms with Crippen molar-refractivity contribution in [2.75, 3.05) is 28.6 Å². The number of H-pyrrole nitrogens is 1. The number of carbonyl (C=O) groups excluding carboxylic acids is 1. The number of aromatic amines is 1. The van der Waals surface area contributed by atoms with E-state index in [1.54, 1.807) is 36.7 Å². The van der Waals surface area contributed by atoms with Crippen LogP contribution < -0.4 is 15.5 Å². The molecule has 0 aliphatic rings. The van der Waals surface area contributed by atoms with E-state index in [0.29, 0.717) is 28.3 Å². The minimum atomic E-state index is -4.43. The first-order valence-electron chi connectivity index (χ1n) is 11.3. The Morgan fingerprint density at radius 2 is 1.80 bits per heavy atom. The Morgan fingerprint density at radius 3 is 2.51 bits per heavy atom. The van der Waals surface area contributed by atoms with Gasteiger partial charge in [0, 0.05) is 47.9 Å². The summed E-state index contributed by atoms with van der Waals surface area (Å²) in [5, 5.41) is 6.80. The van der Waals surface area contributed by atoms with Crippen LogP contribution in [-0.2, 0) is 6.18 Å². The van der Waals surface area contributed by atoms with Crippen molar-refractivity contribution in [1.29, 1.82) is 0 Å². The van der Waals surface area contributed by atoms with Crippen LogP contribution in [-0.4, -0.2) is 29.0 Å². The Balaban J connectivity index is 1.63. The Kier molecular flexibility index (Phi) is 6.68. The van der Waals surface area contributed by atoms with Crippen LogP contribution in [0, 0.1) is 6.92 Å². The standard InChI is InChI=1S/C26H26F3N5O/c1-4-34(5-2)23-20-11-12-30-24(20)31-15-21(23)25(35)33-22-14-19(10-9-16(22)3)32-18-8-6-7-17(13-18)26(27,28)29/h6-15,32H,4-5H2,1-3H3,(H,30,31)(H,33,35). The number of anilines is 4. The molecule has 4 aromatic rings. The zero-order valence-corrected chi connectivity index (χ0v) is 19.6. The van der Waals surface area contributed by atoms with Crippen LogP contribution in [0.15, 0.2) is 60.9 Å². The number of hydrogen-bond donors (Lipinski definition) is 3. The van der Waals surface area contributed by atoms with Crippen LogP contribution in [0.2, 0.25) is 0 Å². The molecule has 1 amide bonds.